The molecular weight excluding hydrogens is 276 g/mol. The molecule has 0 unspecified atom stereocenters. The molecule has 2 aromatic rings. The zero-order valence-corrected chi connectivity index (χ0v) is 12.8. The van der Waals surface area contributed by atoms with Gasteiger partial charge in [-0.1, -0.05) is 13.8 Å². The first-order chi connectivity index (χ1) is 9.61. The Morgan fingerprint density at radius 1 is 1.40 bits per heavy atom. The van der Waals surface area contributed by atoms with E-state index in [1.807, 2.05) is 0 Å². The molecule has 3 rings (SSSR count). The Hall–Kier alpha value is -1.36. The molecule has 0 atom stereocenters. The van der Waals surface area contributed by atoms with Crippen LogP contribution in [-0.2, 0) is 12.4 Å². The Morgan fingerprint density at radius 3 is 2.70 bits per heavy atom. The topological polar surface area (TPSA) is 52.8 Å². The van der Waals surface area contributed by atoms with Crippen LogP contribution in [0, 0.1) is 11.3 Å². The summed E-state index contributed by atoms with van der Waals surface area (Å²) < 4.78 is 7.40. The predicted octanol–water partition coefficient (Wildman–Crippen LogP) is 3.01. The van der Waals surface area contributed by atoms with Gasteiger partial charge in [0, 0.05) is 6.54 Å². The van der Waals surface area contributed by atoms with Gasteiger partial charge in [-0.25, -0.2) is 9.97 Å². The number of ether oxygens (including phenoxy) is 1. The molecule has 1 saturated carbocycles. The van der Waals surface area contributed by atoms with Crippen LogP contribution < -0.4 is 4.74 Å². The lowest BCUT2D eigenvalue weighted by atomic mass is 9.92. The monoisotopic (exact) mass is 294 g/mol. The smallest absolute Gasteiger partial charge is 0.245 e. The second-order valence-electron chi connectivity index (χ2n) is 5.82. The molecule has 0 N–H and O–H groups in total. The van der Waals surface area contributed by atoms with Crippen molar-refractivity contribution in [3.8, 4) is 5.88 Å². The van der Waals surface area contributed by atoms with Crippen molar-refractivity contribution < 1.29 is 4.74 Å². The minimum Gasteiger partial charge on any atom is -0.479 e. The average molecular weight is 295 g/mol. The second-order valence-corrected chi connectivity index (χ2v) is 6.09. The maximum Gasteiger partial charge on any atom is 0.245 e. The largest absolute Gasteiger partial charge is 0.479 e. The lowest BCUT2D eigenvalue weighted by Gasteiger charge is -2.21. The Bertz CT molecular complexity index is 633. The molecule has 5 nitrogen and oxygen atoms in total. The average Bonchev–Trinajstić information content (AvgIpc) is 3.15. The number of hydrogen-bond donors (Lipinski definition) is 0. The SMILES string of the molecule is COc1ncnc2c1nc(CCl)n2CC1(C(C)C)CC1. The van der Waals surface area contributed by atoms with Crippen LogP contribution in [0.3, 0.4) is 0 Å². The minimum absolute atomic E-state index is 0.368. The van der Waals surface area contributed by atoms with Gasteiger partial charge < -0.3 is 9.30 Å². The molecule has 6 heteroatoms. The van der Waals surface area contributed by atoms with E-state index in [0.29, 0.717) is 28.6 Å². The van der Waals surface area contributed by atoms with Crippen LogP contribution in [0.1, 0.15) is 32.5 Å². The van der Waals surface area contributed by atoms with E-state index in [1.54, 1.807) is 7.11 Å². The first-order valence-corrected chi connectivity index (χ1v) is 7.45. The molecule has 1 fully saturated rings. The molecule has 2 heterocycles. The second kappa shape index (κ2) is 4.88. The van der Waals surface area contributed by atoms with Gasteiger partial charge in [0.05, 0.1) is 13.0 Å². The van der Waals surface area contributed by atoms with E-state index in [-0.39, 0.29) is 0 Å². The van der Waals surface area contributed by atoms with E-state index >= 15 is 0 Å². The highest BCUT2D eigenvalue weighted by molar-refractivity contribution is 6.16. The summed E-state index contributed by atoms with van der Waals surface area (Å²) in [5.41, 5.74) is 1.89. The number of imidazole rings is 1. The number of halogens is 1. The Morgan fingerprint density at radius 2 is 2.15 bits per heavy atom. The number of methoxy groups -OCH3 is 1. The third-order valence-corrected chi connectivity index (χ3v) is 4.72. The van der Waals surface area contributed by atoms with E-state index < -0.39 is 0 Å². The number of aromatic nitrogens is 4. The van der Waals surface area contributed by atoms with Crippen LogP contribution in [-0.4, -0.2) is 26.6 Å². The predicted molar refractivity (Wildman–Crippen MR) is 77.9 cm³/mol. The summed E-state index contributed by atoms with van der Waals surface area (Å²) in [6, 6.07) is 0. The zero-order chi connectivity index (χ0) is 14.3. The first-order valence-electron chi connectivity index (χ1n) is 6.91. The first kappa shape index (κ1) is 13.6. The molecule has 0 radical (unpaired) electrons. The van der Waals surface area contributed by atoms with Crippen molar-refractivity contribution in [3.63, 3.8) is 0 Å². The summed E-state index contributed by atoms with van der Waals surface area (Å²) in [6.45, 7) is 5.48. The van der Waals surface area contributed by atoms with Gasteiger partial charge in [0.2, 0.25) is 5.88 Å². The maximum absolute atomic E-state index is 6.06. The van der Waals surface area contributed by atoms with E-state index in [2.05, 4.69) is 33.4 Å². The molecule has 1 aliphatic carbocycles. The summed E-state index contributed by atoms with van der Waals surface area (Å²) in [6.07, 6.45) is 4.04. The third kappa shape index (κ3) is 2.04. The number of rotatable bonds is 5. The van der Waals surface area contributed by atoms with Crippen molar-refractivity contribution >= 4 is 22.8 Å². The van der Waals surface area contributed by atoms with Crippen molar-refractivity contribution in [1.29, 1.82) is 0 Å². The van der Waals surface area contributed by atoms with Crippen molar-refractivity contribution in [2.75, 3.05) is 7.11 Å². The fourth-order valence-electron chi connectivity index (χ4n) is 2.77. The van der Waals surface area contributed by atoms with Crippen LogP contribution in [0.25, 0.3) is 11.2 Å². The fourth-order valence-corrected chi connectivity index (χ4v) is 2.98. The fraction of sp³-hybridized carbons (Fsp3) is 0.643. The molecule has 0 bridgehead atoms. The standard InChI is InChI=1S/C14H19ClN4O/c1-9(2)14(4-5-14)7-19-10(6-15)18-11-12(19)16-8-17-13(11)20-3/h8-9H,4-7H2,1-3H3. The highest BCUT2D eigenvalue weighted by Gasteiger charge is 2.46. The van der Waals surface area contributed by atoms with Gasteiger partial charge in [-0.15, -0.1) is 11.6 Å². The number of hydrogen-bond acceptors (Lipinski definition) is 4. The van der Waals surface area contributed by atoms with Crippen molar-refractivity contribution in [2.45, 2.75) is 39.1 Å². The normalized spacial score (nSPS) is 16.9. The number of alkyl halides is 1. The molecule has 20 heavy (non-hydrogen) atoms. The molecule has 0 amide bonds. The van der Waals surface area contributed by atoms with Gasteiger partial charge in [0.25, 0.3) is 0 Å². The van der Waals surface area contributed by atoms with E-state index in [0.717, 1.165) is 18.0 Å². The minimum atomic E-state index is 0.368. The highest BCUT2D eigenvalue weighted by Crippen LogP contribution is 2.53. The van der Waals surface area contributed by atoms with Crippen LogP contribution in [0.5, 0.6) is 5.88 Å². The van der Waals surface area contributed by atoms with Gasteiger partial charge in [0.1, 0.15) is 12.2 Å². The van der Waals surface area contributed by atoms with Crippen LogP contribution in [0.4, 0.5) is 0 Å². The maximum atomic E-state index is 6.06. The zero-order valence-electron chi connectivity index (χ0n) is 12.1. The lowest BCUT2D eigenvalue weighted by molar-refractivity contribution is 0.309. The van der Waals surface area contributed by atoms with Gasteiger partial charge in [-0.3, -0.25) is 0 Å². The highest BCUT2D eigenvalue weighted by atomic mass is 35.5. The van der Waals surface area contributed by atoms with E-state index in [9.17, 15) is 0 Å². The van der Waals surface area contributed by atoms with Gasteiger partial charge >= 0.3 is 0 Å². The molecule has 0 aliphatic heterocycles. The summed E-state index contributed by atoms with van der Waals surface area (Å²) in [5, 5.41) is 0. The van der Waals surface area contributed by atoms with Crippen molar-refractivity contribution in [2.24, 2.45) is 11.3 Å². The molecule has 0 spiro atoms. The number of nitrogens with zero attached hydrogens (tertiary/aromatic N) is 4. The molecule has 0 saturated heterocycles. The molecule has 1 aliphatic rings. The summed E-state index contributed by atoms with van der Waals surface area (Å²) in [7, 11) is 1.59. The molecule has 2 aromatic heterocycles. The number of fused-ring (bicyclic) bond motifs is 1. The summed E-state index contributed by atoms with van der Waals surface area (Å²) in [4.78, 5) is 13.0. The third-order valence-electron chi connectivity index (χ3n) is 4.48. The quantitative estimate of drug-likeness (QED) is 0.796. The Balaban J connectivity index is 2.09. The van der Waals surface area contributed by atoms with Gasteiger partial charge in [-0.05, 0) is 24.2 Å². The Kier molecular flexibility index (Phi) is 3.32. The van der Waals surface area contributed by atoms with Gasteiger partial charge in [0.15, 0.2) is 11.2 Å². The lowest BCUT2D eigenvalue weighted by Crippen LogP contribution is -2.19. The van der Waals surface area contributed by atoms with Crippen LogP contribution in [0.2, 0.25) is 0 Å². The summed E-state index contributed by atoms with van der Waals surface area (Å²) in [5.74, 6) is 2.36. The summed E-state index contributed by atoms with van der Waals surface area (Å²) >= 11 is 6.06. The van der Waals surface area contributed by atoms with E-state index in [4.69, 9.17) is 16.3 Å². The molecule has 0 aromatic carbocycles. The molecular formula is C14H19ClN4O. The van der Waals surface area contributed by atoms with Crippen molar-refractivity contribution in [1.82, 2.24) is 19.5 Å². The molecule has 108 valence electrons. The van der Waals surface area contributed by atoms with E-state index in [1.165, 1.54) is 19.2 Å². The van der Waals surface area contributed by atoms with Crippen LogP contribution in [0.15, 0.2) is 6.33 Å². The van der Waals surface area contributed by atoms with Crippen LogP contribution >= 0.6 is 11.6 Å². The van der Waals surface area contributed by atoms with Crippen molar-refractivity contribution in [3.05, 3.63) is 12.2 Å². The van der Waals surface area contributed by atoms with Gasteiger partial charge in [-0.2, -0.15) is 4.98 Å². The Labute approximate surface area is 123 Å².